The molecule has 0 saturated heterocycles. The maximum atomic E-state index is 12.7. The van der Waals surface area contributed by atoms with Gasteiger partial charge in [0.15, 0.2) is 0 Å². The van der Waals surface area contributed by atoms with Crippen LogP contribution in [-0.4, -0.2) is 22.4 Å². The number of aromatic nitrogens is 2. The minimum Gasteiger partial charge on any atom is -0.370 e. The van der Waals surface area contributed by atoms with Crippen LogP contribution < -0.4 is 10.6 Å². The van der Waals surface area contributed by atoms with Gasteiger partial charge in [-0.25, -0.2) is 4.98 Å². The molecule has 5 heteroatoms. The first kappa shape index (κ1) is 18.6. The van der Waals surface area contributed by atoms with Crippen molar-refractivity contribution >= 4 is 28.3 Å². The summed E-state index contributed by atoms with van der Waals surface area (Å²) in [6, 6.07) is 23.5. The van der Waals surface area contributed by atoms with Crippen molar-refractivity contribution in [1.29, 1.82) is 0 Å². The first-order valence-electron chi connectivity index (χ1n) is 9.68. The first-order chi connectivity index (χ1) is 14.3. The zero-order chi connectivity index (χ0) is 19.9. The zero-order valence-electron chi connectivity index (χ0n) is 16.0. The normalized spacial score (nSPS) is 10.6. The van der Waals surface area contributed by atoms with Gasteiger partial charge in [0.05, 0.1) is 11.2 Å². The number of para-hydroxylation sites is 1. The van der Waals surface area contributed by atoms with E-state index in [-0.39, 0.29) is 5.91 Å². The van der Waals surface area contributed by atoms with E-state index >= 15 is 0 Å². The number of carbonyl (C=O) groups excluding carboxylic acids is 1. The highest BCUT2D eigenvalue weighted by molar-refractivity contribution is 6.08. The predicted octanol–water partition coefficient (Wildman–Crippen LogP) is 4.93. The minimum atomic E-state index is -0.183. The second-order valence-corrected chi connectivity index (χ2v) is 6.78. The quantitative estimate of drug-likeness (QED) is 0.445. The number of rotatable bonds is 7. The van der Waals surface area contributed by atoms with Gasteiger partial charge >= 0.3 is 0 Å². The van der Waals surface area contributed by atoms with Crippen molar-refractivity contribution in [1.82, 2.24) is 9.97 Å². The topological polar surface area (TPSA) is 66.9 Å². The van der Waals surface area contributed by atoms with Crippen LogP contribution in [0, 0.1) is 0 Å². The van der Waals surface area contributed by atoms with Gasteiger partial charge in [0.25, 0.3) is 5.91 Å². The monoisotopic (exact) mass is 382 g/mol. The Morgan fingerprint density at radius 1 is 0.862 bits per heavy atom. The van der Waals surface area contributed by atoms with Crippen LogP contribution in [0.4, 0.5) is 11.5 Å². The molecule has 2 heterocycles. The Morgan fingerprint density at radius 2 is 1.72 bits per heavy atom. The Kier molecular flexibility index (Phi) is 5.76. The minimum absolute atomic E-state index is 0.183. The van der Waals surface area contributed by atoms with Crippen molar-refractivity contribution in [2.75, 3.05) is 17.2 Å². The predicted molar refractivity (Wildman–Crippen MR) is 117 cm³/mol. The average molecular weight is 382 g/mol. The van der Waals surface area contributed by atoms with Gasteiger partial charge < -0.3 is 10.6 Å². The van der Waals surface area contributed by atoms with Crippen LogP contribution >= 0.6 is 0 Å². The number of hydrogen-bond donors (Lipinski definition) is 2. The number of anilines is 2. The molecule has 1 amide bonds. The smallest absolute Gasteiger partial charge is 0.255 e. The first-order valence-corrected chi connectivity index (χ1v) is 9.68. The van der Waals surface area contributed by atoms with E-state index in [1.807, 2.05) is 36.4 Å². The SMILES string of the molecule is O=C(Nc1cccc2cccnc12)c1ccnc(NCCCc2ccccc2)c1. The third kappa shape index (κ3) is 4.76. The van der Waals surface area contributed by atoms with E-state index in [4.69, 9.17) is 0 Å². The van der Waals surface area contributed by atoms with E-state index in [0.29, 0.717) is 17.1 Å². The van der Waals surface area contributed by atoms with Gasteiger partial charge in [0.1, 0.15) is 5.82 Å². The van der Waals surface area contributed by atoms with Crippen molar-refractivity contribution in [3.05, 3.63) is 96.3 Å². The molecule has 2 aromatic carbocycles. The molecule has 144 valence electrons. The lowest BCUT2D eigenvalue weighted by Crippen LogP contribution is -2.13. The third-order valence-corrected chi connectivity index (χ3v) is 4.69. The Labute approximate surface area is 169 Å². The fraction of sp³-hybridized carbons (Fsp3) is 0.125. The molecular weight excluding hydrogens is 360 g/mol. The zero-order valence-corrected chi connectivity index (χ0v) is 16.0. The Morgan fingerprint density at radius 3 is 2.62 bits per heavy atom. The van der Waals surface area contributed by atoms with E-state index in [0.717, 1.165) is 30.3 Å². The summed E-state index contributed by atoms with van der Waals surface area (Å²) in [4.78, 5) is 21.4. The van der Waals surface area contributed by atoms with Gasteiger partial charge in [0, 0.05) is 29.9 Å². The van der Waals surface area contributed by atoms with Crippen LogP contribution in [-0.2, 0) is 6.42 Å². The van der Waals surface area contributed by atoms with Crippen molar-refractivity contribution in [2.24, 2.45) is 0 Å². The molecule has 2 aromatic heterocycles. The van der Waals surface area contributed by atoms with Crippen LogP contribution in [0.25, 0.3) is 10.9 Å². The van der Waals surface area contributed by atoms with Gasteiger partial charge in [-0.1, -0.05) is 48.5 Å². The van der Waals surface area contributed by atoms with Gasteiger partial charge in [-0.15, -0.1) is 0 Å². The van der Waals surface area contributed by atoms with Crippen LogP contribution in [0.3, 0.4) is 0 Å². The molecule has 5 nitrogen and oxygen atoms in total. The number of fused-ring (bicyclic) bond motifs is 1. The number of amides is 1. The highest BCUT2D eigenvalue weighted by Crippen LogP contribution is 2.21. The Hall–Kier alpha value is -3.73. The number of pyridine rings is 2. The fourth-order valence-electron chi connectivity index (χ4n) is 3.22. The van der Waals surface area contributed by atoms with Crippen molar-refractivity contribution in [3.63, 3.8) is 0 Å². The van der Waals surface area contributed by atoms with Gasteiger partial charge in [0.2, 0.25) is 0 Å². The summed E-state index contributed by atoms with van der Waals surface area (Å²) in [5.41, 5.74) is 3.34. The summed E-state index contributed by atoms with van der Waals surface area (Å²) >= 11 is 0. The van der Waals surface area contributed by atoms with Crippen LogP contribution in [0.2, 0.25) is 0 Å². The average Bonchev–Trinajstić information content (AvgIpc) is 2.78. The molecule has 0 aliphatic heterocycles. The molecule has 4 aromatic rings. The summed E-state index contributed by atoms with van der Waals surface area (Å²) in [7, 11) is 0. The van der Waals surface area contributed by atoms with Gasteiger partial charge in [-0.05, 0) is 42.7 Å². The van der Waals surface area contributed by atoms with Gasteiger partial charge in [-0.3, -0.25) is 9.78 Å². The maximum absolute atomic E-state index is 12.7. The molecule has 0 radical (unpaired) electrons. The van der Waals surface area contributed by atoms with E-state index in [9.17, 15) is 4.79 Å². The molecule has 0 saturated carbocycles. The molecule has 2 N–H and O–H groups in total. The molecule has 0 bridgehead atoms. The summed E-state index contributed by atoms with van der Waals surface area (Å²) in [6.07, 6.45) is 5.36. The van der Waals surface area contributed by atoms with Crippen LogP contribution in [0.1, 0.15) is 22.3 Å². The van der Waals surface area contributed by atoms with E-state index in [1.54, 1.807) is 24.5 Å². The molecule has 0 aliphatic rings. The molecule has 4 rings (SSSR count). The molecule has 0 fully saturated rings. The second kappa shape index (κ2) is 8.97. The van der Waals surface area contributed by atoms with Crippen LogP contribution in [0.5, 0.6) is 0 Å². The van der Waals surface area contributed by atoms with Crippen LogP contribution in [0.15, 0.2) is 85.2 Å². The number of nitrogens with one attached hydrogen (secondary N) is 2. The van der Waals surface area contributed by atoms with E-state index in [1.165, 1.54) is 5.56 Å². The molecule has 0 unspecified atom stereocenters. The lowest BCUT2D eigenvalue weighted by molar-refractivity contribution is 0.102. The van der Waals surface area contributed by atoms with Crippen molar-refractivity contribution < 1.29 is 4.79 Å². The maximum Gasteiger partial charge on any atom is 0.255 e. The highest BCUT2D eigenvalue weighted by atomic mass is 16.1. The highest BCUT2D eigenvalue weighted by Gasteiger charge is 2.10. The molecule has 0 aliphatic carbocycles. The lowest BCUT2D eigenvalue weighted by atomic mass is 10.1. The number of aryl methyl sites for hydroxylation is 1. The molecule has 0 spiro atoms. The van der Waals surface area contributed by atoms with E-state index in [2.05, 4.69) is 44.9 Å². The number of benzene rings is 2. The number of nitrogens with zero attached hydrogens (tertiary/aromatic N) is 2. The van der Waals surface area contributed by atoms with Crippen molar-refractivity contribution in [3.8, 4) is 0 Å². The number of hydrogen-bond acceptors (Lipinski definition) is 4. The summed E-state index contributed by atoms with van der Waals surface area (Å²) in [5, 5.41) is 7.25. The molecule has 29 heavy (non-hydrogen) atoms. The van der Waals surface area contributed by atoms with E-state index < -0.39 is 0 Å². The molecular formula is C24H22N4O. The number of carbonyl (C=O) groups is 1. The fourth-order valence-corrected chi connectivity index (χ4v) is 3.22. The third-order valence-electron chi connectivity index (χ3n) is 4.69. The van der Waals surface area contributed by atoms with Crippen molar-refractivity contribution in [2.45, 2.75) is 12.8 Å². The summed E-state index contributed by atoms with van der Waals surface area (Å²) in [5.74, 6) is 0.514. The van der Waals surface area contributed by atoms with Gasteiger partial charge in [-0.2, -0.15) is 0 Å². The lowest BCUT2D eigenvalue weighted by Gasteiger charge is -2.10. The summed E-state index contributed by atoms with van der Waals surface area (Å²) < 4.78 is 0. The molecule has 0 atom stereocenters. The largest absolute Gasteiger partial charge is 0.370 e. The Bertz CT molecular complexity index is 1110. The Balaban J connectivity index is 1.38. The second-order valence-electron chi connectivity index (χ2n) is 6.78. The standard InChI is InChI=1S/C24H22N4O/c29-24(28-21-12-4-10-19-11-6-15-27-23(19)21)20-13-16-26-22(17-20)25-14-5-9-18-7-2-1-3-8-18/h1-4,6-8,10-13,15-17H,5,9,14H2,(H,25,26)(H,28,29). The summed E-state index contributed by atoms with van der Waals surface area (Å²) in [6.45, 7) is 0.792.